The molecule has 4 heteroatoms. The van der Waals surface area contributed by atoms with Gasteiger partial charge in [0, 0.05) is 24.6 Å². The number of aromatic nitrogens is 3. The van der Waals surface area contributed by atoms with Crippen LogP contribution < -0.4 is 5.32 Å². The summed E-state index contributed by atoms with van der Waals surface area (Å²) in [6, 6.07) is 4.57. The summed E-state index contributed by atoms with van der Waals surface area (Å²) in [5, 5.41) is 3.64. The summed E-state index contributed by atoms with van der Waals surface area (Å²) in [4.78, 5) is 8.79. The lowest BCUT2D eigenvalue weighted by molar-refractivity contribution is 0.592. The average molecular weight is 272 g/mol. The minimum Gasteiger partial charge on any atom is -0.379 e. The number of hydrogen-bond donors (Lipinski definition) is 1. The van der Waals surface area contributed by atoms with Crippen LogP contribution in [0.2, 0.25) is 0 Å². The zero-order valence-electron chi connectivity index (χ0n) is 12.6. The van der Waals surface area contributed by atoms with Crippen molar-refractivity contribution >= 4 is 5.69 Å². The van der Waals surface area contributed by atoms with Crippen LogP contribution in [0.15, 0.2) is 30.7 Å². The first kappa shape index (κ1) is 14.6. The van der Waals surface area contributed by atoms with Gasteiger partial charge >= 0.3 is 0 Å². The molecule has 2 aromatic heterocycles. The Hall–Kier alpha value is -1.84. The molecule has 4 nitrogen and oxygen atoms in total. The Morgan fingerprint density at radius 1 is 1.25 bits per heavy atom. The smallest absolute Gasteiger partial charge is 0.161 e. The molecule has 0 radical (unpaired) electrons. The molecular weight excluding hydrogens is 248 g/mol. The molecule has 0 aliphatic carbocycles. The van der Waals surface area contributed by atoms with Crippen LogP contribution in [0.1, 0.15) is 45.4 Å². The second-order valence-electron chi connectivity index (χ2n) is 5.11. The van der Waals surface area contributed by atoms with Gasteiger partial charge in [-0.15, -0.1) is 0 Å². The van der Waals surface area contributed by atoms with Gasteiger partial charge in [-0.05, 0) is 31.9 Å². The van der Waals surface area contributed by atoms with Gasteiger partial charge in [0.15, 0.2) is 5.82 Å². The summed E-state index contributed by atoms with van der Waals surface area (Å²) >= 11 is 0. The molecule has 0 bridgehead atoms. The molecule has 0 saturated heterocycles. The monoisotopic (exact) mass is 272 g/mol. The zero-order valence-corrected chi connectivity index (χ0v) is 12.6. The number of nitrogens with zero attached hydrogens (tertiary/aromatic N) is 3. The average Bonchev–Trinajstić information content (AvgIpc) is 2.90. The molecule has 1 N–H and O–H groups in total. The highest BCUT2D eigenvalue weighted by atomic mass is 15.1. The van der Waals surface area contributed by atoms with Gasteiger partial charge < -0.3 is 5.32 Å². The van der Waals surface area contributed by atoms with E-state index in [1.54, 1.807) is 0 Å². The lowest BCUT2D eigenvalue weighted by Crippen LogP contribution is -2.20. The first-order valence-corrected chi connectivity index (χ1v) is 7.48. The third-order valence-electron chi connectivity index (χ3n) is 3.60. The van der Waals surface area contributed by atoms with Crippen molar-refractivity contribution in [2.75, 3.05) is 5.32 Å². The lowest BCUT2D eigenvalue weighted by Gasteiger charge is -2.20. The van der Waals surface area contributed by atoms with Gasteiger partial charge in [0.2, 0.25) is 0 Å². The molecule has 2 aromatic rings. The fourth-order valence-electron chi connectivity index (χ4n) is 2.35. The SMILES string of the molecule is CCCCC(CC)Nc1cccnc1-n1ccnc1C. The van der Waals surface area contributed by atoms with E-state index < -0.39 is 0 Å². The van der Waals surface area contributed by atoms with E-state index >= 15 is 0 Å². The minimum atomic E-state index is 0.502. The highest BCUT2D eigenvalue weighted by molar-refractivity contribution is 5.57. The quantitative estimate of drug-likeness (QED) is 0.829. The molecule has 0 aliphatic heterocycles. The molecule has 0 aromatic carbocycles. The Kier molecular flexibility index (Phi) is 5.16. The third-order valence-corrected chi connectivity index (χ3v) is 3.60. The summed E-state index contributed by atoms with van der Waals surface area (Å²) in [5.41, 5.74) is 1.08. The maximum atomic E-state index is 4.51. The van der Waals surface area contributed by atoms with Crippen molar-refractivity contribution in [3.63, 3.8) is 0 Å². The fourth-order valence-corrected chi connectivity index (χ4v) is 2.35. The van der Waals surface area contributed by atoms with Crippen LogP contribution in [0.5, 0.6) is 0 Å². The topological polar surface area (TPSA) is 42.7 Å². The zero-order chi connectivity index (χ0) is 14.4. The molecule has 1 unspecified atom stereocenters. The Morgan fingerprint density at radius 2 is 2.10 bits per heavy atom. The first-order valence-electron chi connectivity index (χ1n) is 7.48. The Morgan fingerprint density at radius 3 is 2.75 bits per heavy atom. The number of anilines is 1. The molecule has 108 valence electrons. The number of imidazole rings is 1. The van der Waals surface area contributed by atoms with E-state index in [-0.39, 0.29) is 0 Å². The molecule has 0 spiro atoms. The van der Waals surface area contributed by atoms with Gasteiger partial charge in [-0.2, -0.15) is 0 Å². The normalized spacial score (nSPS) is 12.3. The van der Waals surface area contributed by atoms with Crippen LogP contribution in [-0.2, 0) is 0 Å². The van der Waals surface area contributed by atoms with Gasteiger partial charge in [-0.25, -0.2) is 9.97 Å². The van der Waals surface area contributed by atoms with E-state index in [0.29, 0.717) is 6.04 Å². The van der Waals surface area contributed by atoms with Crippen LogP contribution >= 0.6 is 0 Å². The van der Waals surface area contributed by atoms with E-state index in [4.69, 9.17) is 0 Å². The number of pyridine rings is 1. The second kappa shape index (κ2) is 7.08. The van der Waals surface area contributed by atoms with Crippen molar-refractivity contribution in [1.29, 1.82) is 0 Å². The van der Waals surface area contributed by atoms with E-state index in [0.717, 1.165) is 23.8 Å². The largest absolute Gasteiger partial charge is 0.379 e. The number of hydrogen-bond acceptors (Lipinski definition) is 3. The van der Waals surface area contributed by atoms with Crippen LogP contribution in [0, 0.1) is 6.92 Å². The second-order valence-corrected chi connectivity index (χ2v) is 5.11. The summed E-state index contributed by atoms with van der Waals surface area (Å²) in [6.45, 7) is 6.45. The summed E-state index contributed by atoms with van der Waals surface area (Å²) in [6.07, 6.45) is 10.4. The Bertz CT molecular complexity index is 533. The van der Waals surface area contributed by atoms with Gasteiger partial charge in [0.05, 0.1) is 5.69 Å². The van der Waals surface area contributed by atoms with Gasteiger partial charge in [0.25, 0.3) is 0 Å². The molecule has 0 fully saturated rings. The van der Waals surface area contributed by atoms with Crippen LogP contribution in [0.4, 0.5) is 5.69 Å². The standard InChI is InChI=1S/C16H24N4/c1-4-6-8-14(5-2)19-15-9-7-10-18-16(15)20-12-11-17-13(20)3/h7,9-12,14,19H,4-6,8H2,1-3H3. The van der Waals surface area contributed by atoms with Gasteiger partial charge in [-0.3, -0.25) is 4.57 Å². The first-order chi connectivity index (χ1) is 9.76. The van der Waals surface area contributed by atoms with Crippen LogP contribution in [-0.4, -0.2) is 20.6 Å². The molecule has 0 amide bonds. The van der Waals surface area contributed by atoms with Crippen molar-refractivity contribution in [2.45, 2.75) is 52.5 Å². The fraction of sp³-hybridized carbons (Fsp3) is 0.500. The summed E-state index contributed by atoms with van der Waals surface area (Å²) in [5.74, 6) is 1.88. The molecule has 0 aliphatic rings. The lowest BCUT2D eigenvalue weighted by atomic mass is 10.1. The third kappa shape index (κ3) is 3.38. The van der Waals surface area contributed by atoms with E-state index in [1.165, 1.54) is 19.3 Å². The number of unbranched alkanes of at least 4 members (excludes halogenated alkanes) is 1. The molecule has 1 atom stereocenters. The highest BCUT2D eigenvalue weighted by Gasteiger charge is 2.11. The number of rotatable bonds is 7. The van der Waals surface area contributed by atoms with Gasteiger partial charge in [0.1, 0.15) is 5.82 Å². The van der Waals surface area contributed by atoms with Crippen molar-refractivity contribution in [2.24, 2.45) is 0 Å². The van der Waals surface area contributed by atoms with E-state index in [2.05, 4.69) is 35.2 Å². The maximum absolute atomic E-state index is 4.51. The van der Waals surface area contributed by atoms with Crippen molar-refractivity contribution in [3.8, 4) is 5.82 Å². The van der Waals surface area contributed by atoms with Gasteiger partial charge in [-0.1, -0.05) is 26.7 Å². The molecule has 2 rings (SSSR count). The predicted molar refractivity (Wildman–Crippen MR) is 83.3 cm³/mol. The van der Waals surface area contributed by atoms with Crippen molar-refractivity contribution < 1.29 is 0 Å². The van der Waals surface area contributed by atoms with Crippen LogP contribution in [0.3, 0.4) is 0 Å². The van der Waals surface area contributed by atoms with E-state index in [1.807, 2.05) is 36.1 Å². The molecule has 2 heterocycles. The Labute approximate surface area is 121 Å². The van der Waals surface area contributed by atoms with Crippen molar-refractivity contribution in [3.05, 3.63) is 36.5 Å². The highest BCUT2D eigenvalue weighted by Crippen LogP contribution is 2.21. The number of aryl methyl sites for hydroxylation is 1. The molecular formula is C16H24N4. The van der Waals surface area contributed by atoms with Crippen molar-refractivity contribution in [1.82, 2.24) is 14.5 Å². The maximum Gasteiger partial charge on any atom is 0.161 e. The van der Waals surface area contributed by atoms with Crippen LogP contribution in [0.25, 0.3) is 5.82 Å². The Balaban J connectivity index is 2.22. The molecule has 0 saturated carbocycles. The minimum absolute atomic E-state index is 0.502. The molecule has 20 heavy (non-hydrogen) atoms. The predicted octanol–water partition coefficient (Wildman–Crippen LogP) is 3.96. The summed E-state index contributed by atoms with van der Waals surface area (Å²) in [7, 11) is 0. The number of nitrogens with one attached hydrogen (secondary N) is 1. The van der Waals surface area contributed by atoms with E-state index in [9.17, 15) is 0 Å². The summed E-state index contributed by atoms with van der Waals surface area (Å²) < 4.78 is 2.02.